The Kier molecular flexibility index (Phi) is 4.24. The summed E-state index contributed by atoms with van der Waals surface area (Å²) in [4.78, 5) is 22.4. The van der Waals surface area contributed by atoms with E-state index in [2.05, 4.69) is 0 Å². The van der Waals surface area contributed by atoms with Crippen LogP contribution in [0.15, 0.2) is 0 Å². The van der Waals surface area contributed by atoms with Crippen molar-refractivity contribution < 1.29 is 24.3 Å². The molecule has 6 heteroatoms. The van der Waals surface area contributed by atoms with Crippen molar-refractivity contribution in [3.05, 3.63) is 0 Å². The minimum absolute atomic E-state index is 0.0431. The second-order valence-electron chi connectivity index (χ2n) is 4.09. The maximum Gasteiger partial charge on any atom is 0.377 e. The highest BCUT2D eigenvalue weighted by atomic mass is 16.4. The fourth-order valence-electron chi connectivity index (χ4n) is 1.64. The molecule has 0 aliphatic heterocycles. The number of aliphatic carboxylic acids is 2. The molecule has 0 unspecified atom stereocenters. The fourth-order valence-corrected chi connectivity index (χ4v) is 1.64. The number of likely N-dealkylation sites (N-methyl/N-ethyl adjacent to an activating group) is 1. The lowest BCUT2D eigenvalue weighted by molar-refractivity contribution is -0.923. The first-order chi connectivity index (χ1) is 6.76. The van der Waals surface area contributed by atoms with E-state index in [9.17, 15) is 9.59 Å². The molecular weight excluding hydrogens is 200 g/mol. The van der Waals surface area contributed by atoms with Crippen LogP contribution in [0, 0.1) is 0 Å². The summed E-state index contributed by atoms with van der Waals surface area (Å²) in [7, 11) is 3.02. The third kappa shape index (κ3) is 2.10. The standard InChI is InChI=1S/C9H18N2O4/c1-4-5-9(7(12)13,8(14)15)11(2,3)6-10/h4-6,10H2,1-3H3,(H-,12,13,14,15)/p+1. The minimum atomic E-state index is -1.86. The van der Waals surface area contributed by atoms with Gasteiger partial charge in [0, 0.05) is 6.42 Å². The molecular formula is C9H19N2O4+. The van der Waals surface area contributed by atoms with E-state index in [4.69, 9.17) is 15.9 Å². The van der Waals surface area contributed by atoms with Gasteiger partial charge in [0.2, 0.25) is 0 Å². The number of hydrogen-bond donors (Lipinski definition) is 3. The van der Waals surface area contributed by atoms with Gasteiger partial charge in [0.15, 0.2) is 0 Å². The number of quaternary nitrogens is 1. The van der Waals surface area contributed by atoms with Crippen LogP contribution < -0.4 is 5.73 Å². The molecule has 0 aliphatic carbocycles. The summed E-state index contributed by atoms with van der Waals surface area (Å²) < 4.78 is -0.272. The number of nitrogens with zero attached hydrogens (tertiary/aromatic N) is 1. The monoisotopic (exact) mass is 219 g/mol. The molecule has 0 atom stereocenters. The van der Waals surface area contributed by atoms with Crippen molar-refractivity contribution in [1.29, 1.82) is 0 Å². The highest BCUT2D eigenvalue weighted by Gasteiger charge is 2.58. The molecule has 0 aliphatic rings. The first-order valence-electron chi connectivity index (χ1n) is 4.76. The van der Waals surface area contributed by atoms with E-state index in [0.717, 1.165) is 0 Å². The third-order valence-electron chi connectivity index (χ3n) is 2.81. The smallest absolute Gasteiger partial charge is 0.377 e. The molecule has 0 aromatic carbocycles. The Morgan fingerprint density at radius 1 is 1.27 bits per heavy atom. The van der Waals surface area contributed by atoms with Crippen molar-refractivity contribution in [2.75, 3.05) is 20.8 Å². The van der Waals surface area contributed by atoms with Gasteiger partial charge in [-0.05, 0) is 6.42 Å². The van der Waals surface area contributed by atoms with Crippen molar-refractivity contribution in [3.8, 4) is 0 Å². The minimum Gasteiger partial charge on any atom is -0.476 e. The Morgan fingerprint density at radius 2 is 1.67 bits per heavy atom. The van der Waals surface area contributed by atoms with Gasteiger partial charge < -0.3 is 10.2 Å². The molecule has 0 amide bonds. The number of rotatable bonds is 6. The molecule has 0 spiro atoms. The van der Waals surface area contributed by atoms with Gasteiger partial charge in [0.25, 0.3) is 5.54 Å². The van der Waals surface area contributed by atoms with Crippen molar-refractivity contribution in [1.82, 2.24) is 0 Å². The second kappa shape index (κ2) is 4.59. The van der Waals surface area contributed by atoms with Gasteiger partial charge >= 0.3 is 11.9 Å². The van der Waals surface area contributed by atoms with Gasteiger partial charge in [-0.3, -0.25) is 10.2 Å². The molecule has 0 saturated carbocycles. The zero-order chi connectivity index (χ0) is 12.3. The first-order valence-corrected chi connectivity index (χ1v) is 4.76. The molecule has 4 N–H and O–H groups in total. The van der Waals surface area contributed by atoms with Gasteiger partial charge in [-0.2, -0.15) is 0 Å². The molecule has 0 aromatic rings. The highest BCUT2D eigenvalue weighted by Crippen LogP contribution is 2.26. The lowest BCUT2D eigenvalue weighted by atomic mass is 9.90. The largest absolute Gasteiger partial charge is 0.476 e. The zero-order valence-electron chi connectivity index (χ0n) is 9.36. The SMILES string of the molecule is CCCC(C(=O)O)(C(=O)O)[N+](C)(C)CN. The molecule has 0 radical (unpaired) electrons. The molecule has 88 valence electrons. The quantitative estimate of drug-likeness (QED) is 0.323. The molecule has 6 nitrogen and oxygen atoms in total. The van der Waals surface area contributed by atoms with Crippen LogP contribution in [-0.2, 0) is 9.59 Å². The molecule has 0 fully saturated rings. The van der Waals surface area contributed by atoms with Gasteiger partial charge in [0.05, 0.1) is 14.1 Å². The van der Waals surface area contributed by atoms with Gasteiger partial charge in [-0.15, -0.1) is 0 Å². The topological polar surface area (TPSA) is 101 Å². The van der Waals surface area contributed by atoms with Crippen LogP contribution in [0.3, 0.4) is 0 Å². The molecule has 0 saturated heterocycles. The van der Waals surface area contributed by atoms with Crippen LogP contribution in [0.25, 0.3) is 0 Å². The Hall–Kier alpha value is -1.14. The van der Waals surface area contributed by atoms with Crippen molar-refractivity contribution in [2.24, 2.45) is 5.73 Å². The predicted molar refractivity (Wildman–Crippen MR) is 54.1 cm³/mol. The Labute approximate surface area is 88.9 Å². The van der Waals surface area contributed by atoms with Gasteiger partial charge in [0.1, 0.15) is 6.67 Å². The Balaban J connectivity index is 5.52. The average Bonchev–Trinajstić information content (AvgIpc) is 2.12. The molecule has 0 rings (SSSR count). The fraction of sp³-hybridized carbons (Fsp3) is 0.778. The van der Waals surface area contributed by atoms with Crippen molar-refractivity contribution in [3.63, 3.8) is 0 Å². The van der Waals surface area contributed by atoms with Crippen LogP contribution >= 0.6 is 0 Å². The maximum atomic E-state index is 11.2. The molecule has 0 bridgehead atoms. The molecule has 0 aromatic heterocycles. The van der Waals surface area contributed by atoms with E-state index < -0.39 is 17.5 Å². The summed E-state index contributed by atoms with van der Waals surface area (Å²) in [6, 6.07) is 0. The number of carboxylic acid groups (broad SMARTS) is 2. The predicted octanol–water partition coefficient (Wildman–Crippen LogP) is -0.313. The van der Waals surface area contributed by atoms with E-state index in [1.165, 1.54) is 14.1 Å². The van der Waals surface area contributed by atoms with E-state index in [1.807, 2.05) is 0 Å². The lowest BCUT2D eigenvalue weighted by Gasteiger charge is -2.41. The Morgan fingerprint density at radius 3 is 1.87 bits per heavy atom. The van der Waals surface area contributed by atoms with Crippen LogP contribution in [-0.4, -0.2) is 52.9 Å². The average molecular weight is 219 g/mol. The molecule has 0 heterocycles. The van der Waals surface area contributed by atoms with Gasteiger partial charge in [-0.1, -0.05) is 6.92 Å². The van der Waals surface area contributed by atoms with Gasteiger partial charge in [-0.25, -0.2) is 9.59 Å². The van der Waals surface area contributed by atoms with E-state index >= 15 is 0 Å². The maximum absolute atomic E-state index is 11.2. The molecule has 15 heavy (non-hydrogen) atoms. The summed E-state index contributed by atoms with van der Waals surface area (Å²) >= 11 is 0. The van der Waals surface area contributed by atoms with E-state index in [-0.39, 0.29) is 17.6 Å². The normalized spacial score (nSPS) is 12.5. The highest BCUT2D eigenvalue weighted by molar-refractivity contribution is 6.01. The number of nitrogens with two attached hydrogens (primary N) is 1. The second-order valence-corrected chi connectivity index (χ2v) is 4.09. The number of carboxylic acids is 2. The first kappa shape index (κ1) is 13.9. The Bertz CT molecular complexity index is 249. The van der Waals surface area contributed by atoms with Crippen LogP contribution in [0.4, 0.5) is 0 Å². The van der Waals surface area contributed by atoms with Crippen molar-refractivity contribution in [2.45, 2.75) is 25.3 Å². The van der Waals surface area contributed by atoms with E-state index in [0.29, 0.717) is 6.42 Å². The van der Waals surface area contributed by atoms with Crippen LogP contribution in [0.2, 0.25) is 0 Å². The van der Waals surface area contributed by atoms with Crippen LogP contribution in [0.1, 0.15) is 19.8 Å². The lowest BCUT2D eigenvalue weighted by Crippen LogP contribution is -2.69. The third-order valence-corrected chi connectivity index (χ3v) is 2.81. The summed E-state index contributed by atoms with van der Waals surface area (Å²) in [5, 5.41) is 18.3. The van der Waals surface area contributed by atoms with E-state index in [1.54, 1.807) is 6.92 Å². The van der Waals surface area contributed by atoms with Crippen LogP contribution in [0.5, 0.6) is 0 Å². The van der Waals surface area contributed by atoms with Crippen molar-refractivity contribution >= 4 is 11.9 Å². The number of hydrogen-bond acceptors (Lipinski definition) is 3. The number of carbonyl (C=O) groups is 2. The summed E-state index contributed by atoms with van der Waals surface area (Å²) in [5.41, 5.74) is 3.59. The summed E-state index contributed by atoms with van der Waals surface area (Å²) in [6.45, 7) is 1.70. The summed E-state index contributed by atoms with van der Waals surface area (Å²) in [5.74, 6) is -2.68. The summed E-state index contributed by atoms with van der Waals surface area (Å²) in [6.07, 6.45) is 0.530. The zero-order valence-corrected chi connectivity index (χ0v) is 9.36.